The number of hydrogen-bond acceptors (Lipinski definition) is 5. The summed E-state index contributed by atoms with van der Waals surface area (Å²) in [5, 5.41) is 7.85. The Bertz CT molecular complexity index is 1040. The largest absolute Gasteiger partial charge is 0.379 e. The number of nitrogens with one attached hydrogen (secondary N) is 1. The summed E-state index contributed by atoms with van der Waals surface area (Å²) in [5.41, 5.74) is 3.48. The lowest BCUT2D eigenvalue weighted by Gasteiger charge is -2.35. The Morgan fingerprint density at radius 1 is 1.12 bits per heavy atom. The average Bonchev–Trinajstić information content (AvgIpc) is 3.28. The van der Waals surface area contributed by atoms with Gasteiger partial charge in [-0.1, -0.05) is 18.2 Å². The highest BCUT2D eigenvalue weighted by atomic mass is 16.5. The van der Waals surface area contributed by atoms with Gasteiger partial charge in [0.2, 0.25) is 5.91 Å². The average molecular weight is 432 g/mol. The van der Waals surface area contributed by atoms with Gasteiger partial charge >= 0.3 is 0 Å². The van der Waals surface area contributed by atoms with E-state index in [0.29, 0.717) is 0 Å². The monoisotopic (exact) mass is 431 g/mol. The Morgan fingerprint density at radius 2 is 1.91 bits per heavy atom. The zero-order chi connectivity index (χ0) is 22.3. The maximum absolute atomic E-state index is 12.7. The lowest BCUT2D eigenvalue weighted by Crippen LogP contribution is -2.51. The van der Waals surface area contributed by atoms with Gasteiger partial charge in [0.1, 0.15) is 5.69 Å². The topological polar surface area (TPSA) is 72.3 Å². The standard InChI is InChI=1S/C25H29N5O2/c1-19(20(2)29-13-15-32-16-14-29)27-24(31)11-10-22-18-30(23-8-4-3-5-9-23)28-25(22)21-7-6-12-26-17-21/h3-12,17-20H,13-16H2,1-2H3,(H,27,31)/b11-10+. The van der Waals surface area contributed by atoms with E-state index in [1.807, 2.05) is 66.3 Å². The van der Waals surface area contributed by atoms with Crippen LogP contribution in [0.4, 0.5) is 0 Å². The van der Waals surface area contributed by atoms with Crippen LogP contribution in [0.2, 0.25) is 0 Å². The Kier molecular flexibility index (Phi) is 7.09. The van der Waals surface area contributed by atoms with Crippen molar-refractivity contribution in [1.29, 1.82) is 0 Å². The fourth-order valence-corrected chi connectivity index (χ4v) is 3.81. The first kappa shape index (κ1) is 21.9. The smallest absolute Gasteiger partial charge is 0.244 e. The number of rotatable bonds is 7. The summed E-state index contributed by atoms with van der Waals surface area (Å²) >= 11 is 0. The highest BCUT2D eigenvalue weighted by Gasteiger charge is 2.22. The van der Waals surface area contributed by atoms with Crippen molar-refractivity contribution in [2.75, 3.05) is 26.3 Å². The summed E-state index contributed by atoms with van der Waals surface area (Å²) in [4.78, 5) is 19.2. The summed E-state index contributed by atoms with van der Waals surface area (Å²) in [5.74, 6) is -0.123. The van der Waals surface area contributed by atoms with Crippen LogP contribution >= 0.6 is 0 Å². The van der Waals surface area contributed by atoms with Crippen molar-refractivity contribution >= 4 is 12.0 Å². The number of hydrogen-bond donors (Lipinski definition) is 1. The van der Waals surface area contributed by atoms with E-state index >= 15 is 0 Å². The molecule has 2 aromatic heterocycles. The van der Waals surface area contributed by atoms with E-state index in [2.05, 4.69) is 22.1 Å². The van der Waals surface area contributed by atoms with E-state index in [9.17, 15) is 4.79 Å². The van der Waals surface area contributed by atoms with Crippen LogP contribution < -0.4 is 5.32 Å². The summed E-state index contributed by atoms with van der Waals surface area (Å²) < 4.78 is 7.25. The van der Waals surface area contributed by atoms with Gasteiger partial charge in [0.05, 0.1) is 18.9 Å². The molecule has 1 aromatic carbocycles. The molecule has 1 saturated heterocycles. The van der Waals surface area contributed by atoms with Gasteiger partial charge in [-0.3, -0.25) is 14.7 Å². The van der Waals surface area contributed by atoms with Crippen molar-refractivity contribution in [1.82, 2.24) is 25.0 Å². The van der Waals surface area contributed by atoms with Gasteiger partial charge < -0.3 is 10.1 Å². The second-order valence-corrected chi connectivity index (χ2v) is 7.97. The highest BCUT2D eigenvalue weighted by molar-refractivity contribution is 5.93. The van der Waals surface area contributed by atoms with Crippen LogP contribution in [0.25, 0.3) is 23.0 Å². The molecule has 1 aliphatic rings. The minimum absolute atomic E-state index is 0.0232. The molecule has 32 heavy (non-hydrogen) atoms. The van der Waals surface area contributed by atoms with E-state index in [-0.39, 0.29) is 18.0 Å². The van der Waals surface area contributed by atoms with E-state index in [4.69, 9.17) is 9.84 Å². The van der Waals surface area contributed by atoms with E-state index in [0.717, 1.165) is 48.8 Å². The van der Waals surface area contributed by atoms with Crippen LogP contribution in [-0.2, 0) is 9.53 Å². The molecule has 2 unspecified atom stereocenters. The van der Waals surface area contributed by atoms with E-state index in [1.165, 1.54) is 0 Å². The number of aromatic nitrogens is 3. The van der Waals surface area contributed by atoms with Crippen LogP contribution in [-0.4, -0.2) is 64.0 Å². The number of para-hydroxylation sites is 1. The molecule has 1 N–H and O–H groups in total. The fourth-order valence-electron chi connectivity index (χ4n) is 3.81. The molecule has 1 amide bonds. The summed E-state index contributed by atoms with van der Waals surface area (Å²) in [6.07, 6.45) is 8.84. The molecule has 2 atom stereocenters. The molecule has 1 aliphatic heterocycles. The zero-order valence-electron chi connectivity index (χ0n) is 18.5. The molecule has 0 aliphatic carbocycles. The number of carbonyl (C=O) groups is 1. The Hall–Kier alpha value is -3.29. The van der Waals surface area contributed by atoms with Crippen molar-refractivity contribution in [3.63, 3.8) is 0 Å². The van der Waals surface area contributed by atoms with Gasteiger partial charge in [-0.15, -0.1) is 0 Å². The number of morpholine rings is 1. The Morgan fingerprint density at radius 3 is 2.62 bits per heavy atom. The lowest BCUT2D eigenvalue weighted by atomic mass is 10.1. The molecule has 166 valence electrons. The third-order valence-electron chi connectivity index (χ3n) is 5.83. The minimum Gasteiger partial charge on any atom is -0.379 e. The van der Waals surface area contributed by atoms with E-state index in [1.54, 1.807) is 18.5 Å². The first-order valence-electron chi connectivity index (χ1n) is 11.0. The molecule has 4 rings (SSSR count). The van der Waals surface area contributed by atoms with Gasteiger partial charge in [0.25, 0.3) is 0 Å². The molecule has 0 bridgehead atoms. The first-order chi connectivity index (χ1) is 15.6. The molecular weight excluding hydrogens is 402 g/mol. The highest BCUT2D eigenvalue weighted by Crippen LogP contribution is 2.24. The Labute approximate surface area is 188 Å². The maximum atomic E-state index is 12.7. The number of carbonyl (C=O) groups excluding carboxylic acids is 1. The van der Waals surface area contributed by atoms with Gasteiger partial charge in [0.15, 0.2) is 0 Å². The zero-order valence-corrected chi connectivity index (χ0v) is 18.5. The number of amides is 1. The van der Waals surface area contributed by atoms with Crippen molar-refractivity contribution in [3.05, 3.63) is 72.7 Å². The molecular formula is C25H29N5O2. The summed E-state index contributed by atoms with van der Waals surface area (Å²) in [6, 6.07) is 14.0. The first-order valence-corrected chi connectivity index (χ1v) is 11.0. The van der Waals surface area contributed by atoms with Gasteiger partial charge in [-0.05, 0) is 44.2 Å². The van der Waals surface area contributed by atoms with Gasteiger partial charge in [-0.25, -0.2) is 4.68 Å². The summed E-state index contributed by atoms with van der Waals surface area (Å²) in [6.45, 7) is 7.46. The van der Waals surface area contributed by atoms with Crippen molar-refractivity contribution < 1.29 is 9.53 Å². The number of pyridine rings is 1. The van der Waals surface area contributed by atoms with Gasteiger partial charge in [0, 0.05) is 61.0 Å². The third kappa shape index (κ3) is 5.30. The second kappa shape index (κ2) is 10.3. The van der Waals surface area contributed by atoms with Crippen LogP contribution in [0.1, 0.15) is 19.4 Å². The van der Waals surface area contributed by atoms with Crippen molar-refractivity contribution in [2.45, 2.75) is 25.9 Å². The molecule has 7 nitrogen and oxygen atoms in total. The normalized spacial score (nSPS) is 16.7. The minimum atomic E-state index is -0.123. The molecule has 0 saturated carbocycles. The molecule has 3 aromatic rings. The van der Waals surface area contributed by atoms with Gasteiger partial charge in [-0.2, -0.15) is 5.10 Å². The SMILES string of the molecule is CC(NC(=O)/C=C/c1cn(-c2ccccc2)nc1-c1cccnc1)C(C)N1CCOCC1. The van der Waals surface area contributed by atoms with Crippen LogP contribution in [0, 0.1) is 0 Å². The van der Waals surface area contributed by atoms with Crippen molar-refractivity contribution in [3.8, 4) is 16.9 Å². The van der Waals surface area contributed by atoms with Crippen molar-refractivity contribution in [2.24, 2.45) is 0 Å². The fraction of sp³-hybridized carbons (Fsp3) is 0.320. The predicted molar refractivity (Wildman–Crippen MR) is 125 cm³/mol. The molecule has 0 spiro atoms. The number of nitrogens with zero attached hydrogens (tertiary/aromatic N) is 4. The molecule has 7 heteroatoms. The molecule has 1 fully saturated rings. The lowest BCUT2D eigenvalue weighted by molar-refractivity contribution is -0.117. The van der Waals surface area contributed by atoms with E-state index < -0.39 is 0 Å². The third-order valence-corrected chi connectivity index (χ3v) is 5.83. The van der Waals surface area contributed by atoms with Crippen LogP contribution in [0.15, 0.2) is 67.1 Å². The van der Waals surface area contributed by atoms with Crippen LogP contribution in [0.5, 0.6) is 0 Å². The maximum Gasteiger partial charge on any atom is 0.244 e. The Balaban J connectivity index is 1.51. The predicted octanol–water partition coefficient (Wildman–Crippen LogP) is 3.17. The number of benzene rings is 1. The second-order valence-electron chi connectivity index (χ2n) is 7.97. The number of ether oxygens (including phenoxy) is 1. The quantitative estimate of drug-likeness (QED) is 0.582. The molecule has 0 radical (unpaired) electrons. The van der Waals surface area contributed by atoms with Crippen LogP contribution in [0.3, 0.4) is 0 Å². The molecule has 3 heterocycles. The summed E-state index contributed by atoms with van der Waals surface area (Å²) in [7, 11) is 0.